The number of guanidine groups is 1. The van der Waals surface area contributed by atoms with Gasteiger partial charge in [0.1, 0.15) is 0 Å². The van der Waals surface area contributed by atoms with Gasteiger partial charge in [0.2, 0.25) is 0 Å². The van der Waals surface area contributed by atoms with Gasteiger partial charge in [-0.1, -0.05) is 26.0 Å². The zero-order chi connectivity index (χ0) is 17.3. The van der Waals surface area contributed by atoms with Crippen LogP contribution in [0.25, 0.3) is 0 Å². The highest BCUT2D eigenvalue weighted by molar-refractivity contribution is 14.0. The second kappa shape index (κ2) is 7.86. The van der Waals surface area contributed by atoms with Gasteiger partial charge in [0.25, 0.3) is 5.69 Å². The minimum absolute atomic E-state index is 0. The molecule has 3 unspecified atom stereocenters. The normalized spacial score (nSPS) is 26.8. The monoisotopic (exact) mass is 460 g/mol. The van der Waals surface area contributed by atoms with Gasteiger partial charge in [0.05, 0.1) is 11.0 Å². The van der Waals surface area contributed by atoms with Crippen LogP contribution in [0.3, 0.4) is 0 Å². The Kier molecular flexibility index (Phi) is 6.26. The molecule has 3 rings (SSSR count). The SMILES string of the molecule is CN=C(NCc1cccc([N+](=O)[O-])c1)NC1C2CCOC2C1(C)C.I. The Morgan fingerprint density at radius 2 is 2.24 bits per heavy atom. The molecule has 1 saturated carbocycles. The third-order valence-corrected chi connectivity index (χ3v) is 5.20. The number of hydrogen-bond donors (Lipinski definition) is 2. The summed E-state index contributed by atoms with van der Waals surface area (Å²) in [4.78, 5) is 14.8. The zero-order valence-electron chi connectivity index (χ0n) is 14.7. The molecular formula is C17H25IN4O3. The average Bonchev–Trinajstić information content (AvgIpc) is 3.02. The van der Waals surface area contributed by atoms with Crippen LogP contribution in [0, 0.1) is 21.4 Å². The summed E-state index contributed by atoms with van der Waals surface area (Å²) in [6, 6.07) is 6.95. The van der Waals surface area contributed by atoms with Crippen molar-refractivity contribution >= 4 is 35.6 Å². The van der Waals surface area contributed by atoms with Crippen LogP contribution in [0.4, 0.5) is 5.69 Å². The number of nitrogens with one attached hydrogen (secondary N) is 2. The molecule has 1 saturated heterocycles. The largest absolute Gasteiger partial charge is 0.377 e. The van der Waals surface area contributed by atoms with E-state index in [0.717, 1.165) is 18.6 Å². The van der Waals surface area contributed by atoms with Crippen molar-refractivity contribution in [3.63, 3.8) is 0 Å². The molecule has 0 spiro atoms. The summed E-state index contributed by atoms with van der Waals surface area (Å²) >= 11 is 0. The van der Waals surface area contributed by atoms with Crippen LogP contribution in [-0.2, 0) is 11.3 Å². The first kappa shape index (κ1) is 19.9. The molecule has 1 aliphatic carbocycles. The van der Waals surface area contributed by atoms with E-state index in [1.807, 2.05) is 6.07 Å². The van der Waals surface area contributed by atoms with Gasteiger partial charge in [-0.25, -0.2) is 0 Å². The van der Waals surface area contributed by atoms with Gasteiger partial charge in [0.15, 0.2) is 5.96 Å². The number of nitro benzene ring substituents is 1. The number of halogens is 1. The fraction of sp³-hybridized carbons (Fsp3) is 0.588. The highest BCUT2D eigenvalue weighted by Crippen LogP contribution is 2.52. The molecule has 1 aliphatic heterocycles. The highest BCUT2D eigenvalue weighted by atomic mass is 127. The predicted molar refractivity (Wildman–Crippen MR) is 107 cm³/mol. The van der Waals surface area contributed by atoms with Crippen molar-refractivity contribution < 1.29 is 9.66 Å². The molecule has 2 aliphatic rings. The van der Waals surface area contributed by atoms with Crippen LogP contribution < -0.4 is 10.6 Å². The minimum atomic E-state index is -0.381. The molecule has 0 aromatic heterocycles. The van der Waals surface area contributed by atoms with Gasteiger partial charge in [-0.3, -0.25) is 15.1 Å². The van der Waals surface area contributed by atoms with Crippen molar-refractivity contribution in [2.24, 2.45) is 16.3 Å². The molecule has 8 heteroatoms. The van der Waals surface area contributed by atoms with Crippen LogP contribution in [-0.4, -0.2) is 36.7 Å². The van der Waals surface area contributed by atoms with E-state index in [0.29, 0.717) is 30.6 Å². The number of ether oxygens (including phenoxy) is 1. The molecule has 0 bridgehead atoms. The standard InChI is InChI=1S/C17H24N4O3.HI/c1-17(2)14(13-7-8-24-15(13)17)20-16(18-3)19-10-11-5-4-6-12(9-11)21(22)23;/h4-6,9,13-15H,7-8,10H2,1-3H3,(H2,18,19,20);1H. The lowest BCUT2D eigenvalue weighted by Gasteiger charge is -2.54. The second-order valence-corrected chi connectivity index (χ2v) is 7.04. The summed E-state index contributed by atoms with van der Waals surface area (Å²) in [5, 5.41) is 17.6. The molecule has 1 heterocycles. The fourth-order valence-corrected chi connectivity index (χ4v) is 3.92. The fourth-order valence-electron chi connectivity index (χ4n) is 3.92. The molecule has 0 radical (unpaired) electrons. The Balaban J connectivity index is 0.00000225. The summed E-state index contributed by atoms with van der Waals surface area (Å²) in [5.74, 6) is 1.24. The van der Waals surface area contributed by atoms with E-state index in [1.54, 1.807) is 19.2 Å². The maximum atomic E-state index is 10.9. The van der Waals surface area contributed by atoms with E-state index < -0.39 is 0 Å². The molecule has 0 amide bonds. The van der Waals surface area contributed by atoms with E-state index >= 15 is 0 Å². The third kappa shape index (κ3) is 3.89. The van der Waals surface area contributed by atoms with E-state index in [9.17, 15) is 10.1 Å². The van der Waals surface area contributed by atoms with Crippen LogP contribution in [0.5, 0.6) is 0 Å². The molecule has 138 valence electrons. The lowest BCUT2D eigenvalue weighted by atomic mass is 9.57. The molecule has 7 nitrogen and oxygen atoms in total. The number of aliphatic imine (C=N–C) groups is 1. The van der Waals surface area contributed by atoms with E-state index in [-0.39, 0.29) is 40.0 Å². The Bertz CT molecular complexity index is 665. The Labute approximate surface area is 164 Å². The van der Waals surface area contributed by atoms with Crippen molar-refractivity contribution in [3.05, 3.63) is 39.9 Å². The predicted octanol–water partition coefficient (Wildman–Crippen LogP) is 2.69. The zero-order valence-corrected chi connectivity index (χ0v) is 17.0. The molecule has 3 atom stereocenters. The number of rotatable bonds is 4. The summed E-state index contributed by atoms with van der Waals surface area (Å²) in [7, 11) is 1.73. The van der Waals surface area contributed by atoms with Crippen molar-refractivity contribution in [3.8, 4) is 0 Å². The molecular weight excluding hydrogens is 435 g/mol. The molecule has 1 aromatic rings. The van der Waals surface area contributed by atoms with Gasteiger partial charge in [-0.05, 0) is 12.0 Å². The van der Waals surface area contributed by atoms with Crippen molar-refractivity contribution in [2.45, 2.75) is 39.0 Å². The third-order valence-electron chi connectivity index (χ3n) is 5.20. The number of benzene rings is 1. The number of non-ortho nitro benzene ring substituents is 1. The van der Waals surface area contributed by atoms with E-state index in [1.165, 1.54) is 6.07 Å². The van der Waals surface area contributed by atoms with Crippen molar-refractivity contribution in [1.82, 2.24) is 10.6 Å². The average molecular weight is 460 g/mol. The molecule has 1 aromatic carbocycles. The molecule has 2 N–H and O–H groups in total. The van der Waals surface area contributed by atoms with Gasteiger partial charge in [-0.15, -0.1) is 24.0 Å². The number of nitrogens with zero attached hydrogens (tertiary/aromatic N) is 2. The number of fused-ring (bicyclic) bond motifs is 1. The molecule has 25 heavy (non-hydrogen) atoms. The second-order valence-electron chi connectivity index (χ2n) is 7.04. The van der Waals surface area contributed by atoms with Gasteiger partial charge in [0, 0.05) is 49.7 Å². The first-order valence-corrected chi connectivity index (χ1v) is 8.25. The first-order chi connectivity index (χ1) is 11.4. The Morgan fingerprint density at radius 1 is 1.48 bits per heavy atom. The first-order valence-electron chi connectivity index (χ1n) is 8.25. The smallest absolute Gasteiger partial charge is 0.269 e. The van der Waals surface area contributed by atoms with E-state index in [4.69, 9.17) is 4.74 Å². The lowest BCUT2D eigenvalue weighted by molar-refractivity contribution is -0.384. The maximum Gasteiger partial charge on any atom is 0.269 e. The quantitative estimate of drug-likeness (QED) is 0.237. The maximum absolute atomic E-state index is 10.9. The van der Waals surface area contributed by atoms with Crippen LogP contribution in [0.1, 0.15) is 25.8 Å². The lowest BCUT2D eigenvalue weighted by Crippen LogP contribution is -2.67. The van der Waals surface area contributed by atoms with Crippen molar-refractivity contribution in [1.29, 1.82) is 0 Å². The van der Waals surface area contributed by atoms with E-state index in [2.05, 4.69) is 29.5 Å². The summed E-state index contributed by atoms with van der Waals surface area (Å²) in [6.07, 6.45) is 1.40. The number of nitro groups is 1. The minimum Gasteiger partial charge on any atom is -0.377 e. The van der Waals surface area contributed by atoms with Crippen LogP contribution in [0.15, 0.2) is 29.3 Å². The summed E-state index contributed by atoms with van der Waals surface area (Å²) < 4.78 is 5.81. The highest BCUT2D eigenvalue weighted by Gasteiger charge is 2.59. The van der Waals surface area contributed by atoms with Crippen LogP contribution >= 0.6 is 24.0 Å². The van der Waals surface area contributed by atoms with Crippen LogP contribution in [0.2, 0.25) is 0 Å². The van der Waals surface area contributed by atoms with Gasteiger partial charge < -0.3 is 15.4 Å². The summed E-state index contributed by atoms with van der Waals surface area (Å²) in [6.45, 7) is 5.74. The Hall–Kier alpha value is -1.42. The summed E-state index contributed by atoms with van der Waals surface area (Å²) in [5.41, 5.74) is 1.02. The van der Waals surface area contributed by atoms with Gasteiger partial charge in [-0.2, -0.15) is 0 Å². The van der Waals surface area contributed by atoms with Crippen molar-refractivity contribution in [2.75, 3.05) is 13.7 Å². The van der Waals surface area contributed by atoms with Gasteiger partial charge >= 0.3 is 0 Å². The topological polar surface area (TPSA) is 88.8 Å². The number of hydrogen-bond acceptors (Lipinski definition) is 4. The Morgan fingerprint density at radius 3 is 2.92 bits per heavy atom. The molecule has 2 fully saturated rings.